The fourth-order valence-corrected chi connectivity index (χ4v) is 10.0. The first kappa shape index (κ1) is 46.9. The van der Waals surface area contributed by atoms with Gasteiger partial charge in [-0.2, -0.15) is 21.4 Å². The molecule has 60 heavy (non-hydrogen) atoms. The first-order valence-electron chi connectivity index (χ1n) is 19.6. The van der Waals surface area contributed by atoms with Gasteiger partial charge >= 0.3 is 11.9 Å². The van der Waals surface area contributed by atoms with Gasteiger partial charge in [-0.25, -0.2) is 0 Å². The number of ether oxygens (including phenoxy) is 2. The first-order chi connectivity index (χ1) is 28.2. The van der Waals surface area contributed by atoms with Gasteiger partial charge in [-0.05, 0) is 86.2 Å². The van der Waals surface area contributed by atoms with Gasteiger partial charge in [-0.15, -0.1) is 11.8 Å². The summed E-state index contributed by atoms with van der Waals surface area (Å²) in [6.07, 6.45) is 9.87. The number of carboxylic acids is 2. The van der Waals surface area contributed by atoms with E-state index in [0.717, 1.165) is 46.7 Å². The molecule has 1 aliphatic carbocycles. The summed E-state index contributed by atoms with van der Waals surface area (Å²) in [6, 6.07) is 8.66. The predicted octanol–water partition coefficient (Wildman–Crippen LogP) is 5.83. The topological polar surface area (TPSA) is 234 Å². The summed E-state index contributed by atoms with van der Waals surface area (Å²) in [4.78, 5) is 25.9. The Kier molecular flexibility index (Phi) is 15.1. The SMILES string of the molecule is CC1(C)C(/C=C/C2=C(SCCOCCOCCN)C(=C/C=C3/N(CCC(=O)O)c4ccc(S(=O)(=O)O)cc4C3(C)C)/CCC2)=[N+](CCC(=O)O)c2ccc(S(=O)(=O)O)cc21. The molecule has 18 heteroatoms. The summed E-state index contributed by atoms with van der Waals surface area (Å²) in [5.74, 6) is -1.37. The van der Waals surface area contributed by atoms with E-state index in [-0.39, 0.29) is 35.7 Å². The molecule has 0 unspecified atom stereocenters. The molecule has 2 aliphatic heterocycles. The second-order valence-corrected chi connectivity index (χ2v) is 19.6. The van der Waals surface area contributed by atoms with E-state index in [4.69, 9.17) is 15.2 Å². The molecule has 0 fully saturated rings. The summed E-state index contributed by atoms with van der Waals surface area (Å²) in [6.45, 7) is 10.1. The van der Waals surface area contributed by atoms with Crippen LogP contribution in [0.3, 0.4) is 0 Å². The van der Waals surface area contributed by atoms with Crippen LogP contribution < -0.4 is 10.6 Å². The lowest BCUT2D eigenvalue weighted by Gasteiger charge is -2.27. The van der Waals surface area contributed by atoms with E-state index in [2.05, 4.69) is 0 Å². The van der Waals surface area contributed by atoms with Crippen LogP contribution in [0.1, 0.15) is 70.9 Å². The number of nitrogens with zero attached hydrogens (tertiary/aromatic N) is 2. The number of allylic oxidation sites excluding steroid dienone is 7. The van der Waals surface area contributed by atoms with E-state index in [1.54, 1.807) is 23.9 Å². The van der Waals surface area contributed by atoms with Crippen LogP contribution in [0, 0.1) is 0 Å². The van der Waals surface area contributed by atoms with Gasteiger partial charge in [0.05, 0.1) is 48.1 Å². The average molecular weight is 889 g/mol. The number of rotatable bonds is 20. The van der Waals surface area contributed by atoms with Gasteiger partial charge < -0.3 is 30.3 Å². The number of carboxylic acid groups (broad SMARTS) is 2. The number of benzene rings is 2. The number of anilines is 1. The van der Waals surface area contributed by atoms with Gasteiger partial charge in [-0.3, -0.25) is 18.7 Å². The van der Waals surface area contributed by atoms with Gasteiger partial charge in [0, 0.05) is 58.3 Å². The van der Waals surface area contributed by atoms with E-state index in [9.17, 15) is 45.7 Å². The van der Waals surface area contributed by atoms with Crippen molar-refractivity contribution in [1.29, 1.82) is 0 Å². The highest BCUT2D eigenvalue weighted by atomic mass is 32.2. The molecule has 6 N–H and O–H groups in total. The summed E-state index contributed by atoms with van der Waals surface area (Å²) >= 11 is 1.62. The number of hydrogen-bond acceptors (Lipinski definition) is 11. The third-order valence-electron chi connectivity index (χ3n) is 10.9. The first-order valence-corrected chi connectivity index (χ1v) is 23.5. The number of hydrogen-bond donors (Lipinski definition) is 5. The highest BCUT2D eigenvalue weighted by molar-refractivity contribution is 8.03. The van der Waals surface area contributed by atoms with Crippen LogP contribution in [0.4, 0.5) is 11.4 Å². The molecular formula is C42H54N3O12S3+. The Morgan fingerprint density at radius 1 is 0.833 bits per heavy atom. The zero-order valence-corrected chi connectivity index (χ0v) is 36.7. The van der Waals surface area contributed by atoms with E-state index >= 15 is 0 Å². The van der Waals surface area contributed by atoms with Crippen LogP contribution in [0.5, 0.6) is 0 Å². The van der Waals surface area contributed by atoms with Crippen LogP contribution >= 0.6 is 11.8 Å². The smallest absolute Gasteiger partial charge is 0.309 e. The predicted molar refractivity (Wildman–Crippen MR) is 230 cm³/mol. The molecular weight excluding hydrogens is 835 g/mol. The molecule has 5 rings (SSSR count). The third-order valence-corrected chi connectivity index (χ3v) is 13.8. The van der Waals surface area contributed by atoms with Crippen molar-refractivity contribution in [2.75, 3.05) is 56.7 Å². The maximum atomic E-state index is 12.1. The lowest BCUT2D eigenvalue weighted by molar-refractivity contribution is -0.436. The minimum absolute atomic E-state index is 0.130. The van der Waals surface area contributed by atoms with Crippen molar-refractivity contribution in [2.24, 2.45) is 5.73 Å². The lowest BCUT2D eigenvalue weighted by atomic mass is 9.81. The summed E-state index contributed by atoms with van der Waals surface area (Å²) in [7, 11) is -8.99. The Balaban J connectivity index is 1.58. The standard InChI is InChI=1S/C42H53N3O12S3/c1-41(2)32-26-30(59(50,51)52)10-12-34(32)44(19-16-38(46)47)36(41)14-8-28-6-5-7-29(40(28)58-25-24-57-23-22-56-21-18-43)9-15-37-42(3,4)33-27-31(60(53,54)55)11-13-35(33)45(37)20-17-39(48)49/h8-15,26-27H,5-7,16-25,43H2,1-4H3,(H3-,46,47,48,49,50,51,52,53,54,55)/p+1. The van der Waals surface area contributed by atoms with Crippen molar-refractivity contribution in [1.82, 2.24) is 0 Å². The zero-order chi connectivity index (χ0) is 44.0. The molecule has 2 aromatic rings. The molecule has 0 aromatic heterocycles. The fraction of sp³-hybridized carbons (Fsp3) is 0.452. The van der Waals surface area contributed by atoms with Crippen LogP contribution in [0.25, 0.3) is 0 Å². The van der Waals surface area contributed by atoms with E-state index < -0.39 is 43.0 Å². The van der Waals surface area contributed by atoms with E-state index in [1.165, 1.54) is 24.3 Å². The van der Waals surface area contributed by atoms with Gasteiger partial charge in [0.1, 0.15) is 6.42 Å². The summed E-state index contributed by atoms with van der Waals surface area (Å²) in [5.41, 5.74) is 10.1. The van der Waals surface area contributed by atoms with Crippen molar-refractivity contribution >= 4 is 61.0 Å². The minimum atomic E-state index is -4.50. The number of carbonyl (C=O) groups is 2. The van der Waals surface area contributed by atoms with Crippen LogP contribution in [0.15, 0.2) is 92.2 Å². The Bertz CT molecular complexity index is 2380. The number of aliphatic carboxylic acids is 2. The molecule has 0 saturated heterocycles. The molecule has 3 aliphatic rings. The maximum absolute atomic E-state index is 12.1. The highest BCUT2D eigenvalue weighted by Crippen LogP contribution is 2.49. The summed E-state index contributed by atoms with van der Waals surface area (Å²) < 4.78 is 81.3. The largest absolute Gasteiger partial charge is 0.481 e. The number of nitrogens with two attached hydrogens (primary N) is 1. The number of fused-ring (bicyclic) bond motifs is 2. The molecule has 0 spiro atoms. The van der Waals surface area contributed by atoms with Crippen molar-refractivity contribution < 1.29 is 59.8 Å². The average Bonchev–Trinajstić information content (AvgIpc) is 3.52. The summed E-state index contributed by atoms with van der Waals surface area (Å²) in [5, 5.41) is 19.2. The van der Waals surface area contributed by atoms with Crippen LogP contribution in [-0.2, 0) is 50.1 Å². The molecule has 15 nitrogen and oxygen atoms in total. The van der Waals surface area contributed by atoms with E-state index in [0.29, 0.717) is 61.2 Å². The Labute approximate surface area is 355 Å². The Hall–Kier alpha value is -4.14. The lowest BCUT2D eigenvalue weighted by Crippen LogP contribution is -2.28. The molecule has 0 atom stereocenters. The van der Waals surface area contributed by atoms with Crippen molar-refractivity contribution in [2.45, 2.75) is 80.4 Å². The van der Waals surface area contributed by atoms with Gasteiger partial charge in [0.2, 0.25) is 5.69 Å². The van der Waals surface area contributed by atoms with Gasteiger partial charge in [-0.1, -0.05) is 26.0 Å². The highest BCUT2D eigenvalue weighted by Gasteiger charge is 2.45. The molecule has 0 radical (unpaired) electrons. The monoisotopic (exact) mass is 888 g/mol. The fourth-order valence-electron chi connectivity index (χ4n) is 7.90. The normalized spacial score (nSPS) is 18.9. The van der Waals surface area contributed by atoms with Gasteiger partial charge in [0.15, 0.2) is 12.3 Å². The molecule has 0 amide bonds. The van der Waals surface area contributed by atoms with E-state index in [1.807, 2.05) is 61.5 Å². The Morgan fingerprint density at radius 2 is 1.47 bits per heavy atom. The molecule has 0 bridgehead atoms. The quantitative estimate of drug-likeness (QED) is 0.0598. The maximum Gasteiger partial charge on any atom is 0.309 e. The van der Waals surface area contributed by atoms with Crippen LogP contribution in [-0.4, -0.2) is 110 Å². The second kappa shape index (κ2) is 19.3. The zero-order valence-electron chi connectivity index (χ0n) is 34.2. The van der Waals surface area contributed by atoms with Gasteiger partial charge in [0.25, 0.3) is 20.2 Å². The third kappa shape index (κ3) is 10.8. The minimum Gasteiger partial charge on any atom is -0.481 e. The van der Waals surface area contributed by atoms with Crippen molar-refractivity contribution in [3.8, 4) is 0 Å². The second-order valence-electron chi connectivity index (χ2n) is 15.7. The van der Waals surface area contributed by atoms with Crippen LogP contribution in [0.2, 0.25) is 0 Å². The number of thioether (sulfide) groups is 1. The molecule has 2 heterocycles. The molecule has 326 valence electrons. The molecule has 2 aromatic carbocycles. The molecule has 0 saturated carbocycles. The Morgan fingerprint density at radius 3 is 2.10 bits per heavy atom. The van der Waals surface area contributed by atoms with Crippen molar-refractivity contribution in [3.05, 3.63) is 93.6 Å². The van der Waals surface area contributed by atoms with Crippen molar-refractivity contribution in [3.63, 3.8) is 0 Å².